The van der Waals surface area contributed by atoms with Crippen molar-refractivity contribution in [3.63, 3.8) is 0 Å². The van der Waals surface area contributed by atoms with Crippen molar-refractivity contribution in [2.24, 2.45) is 0 Å². The lowest BCUT2D eigenvalue weighted by Gasteiger charge is -1.95. The van der Waals surface area contributed by atoms with Crippen LogP contribution in [0.15, 0.2) is 27.7 Å². The molecule has 0 N–H and O–H groups in total. The zero-order valence-electron chi connectivity index (χ0n) is 7.72. The van der Waals surface area contributed by atoms with E-state index in [4.69, 9.17) is 0 Å². The molecule has 2 nitrogen and oxygen atoms in total. The van der Waals surface area contributed by atoms with Gasteiger partial charge in [-0.05, 0) is 0 Å². The molecule has 0 spiro atoms. The Kier molecular flexibility index (Phi) is 4.78. The van der Waals surface area contributed by atoms with Gasteiger partial charge < -0.3 is 4.42 Å². The van der Waals surface area contributed by atoms with Crippen LogP contribution in [0.2, 0.25) is 0 Å². The maximum Gasteiger partial charge on any atom is 0.301 e. The van der Waals surface area contributed by atoms with E-state index in [-0.39, 0.29) is 11.0 Å². The molecular formula is C8H6F5NOS. The fraction of sp³-hybridized carbons (Fsp3) is 0.375. The van der Waals surface area contributed by atoms with Crippen molar-refractivity contribution in [2.75, 3.05) is 5.75 Å². The molecule has 1 aromatic heterocycles. The highest BCUT2D eigenvalue weighted by molar-refractivity contribution is 7.99. The van der Waals surface area contributed by atoms with Crippen LogP contribution in [-0.4, -0.2) is 10.7 Å². The van der Waals surface area contributed by atoms with Gasteiger partial charge in [0.25, 0.3) is 11.6 Å². The van der Waals surface area contributed by atoms with Crippen LogP contribution in [0.4, 0.5) is 22.0 Å². The summed E-state index contributed by atoms with van der Waals surface area (Å²) in [6, 6.07) is 0. The number of nitrogens with zero attached hydrogens (tertiary/aromatic N) is 1. The van der Waals surface area contributed by atoms with Gasteiger partial charge in [-0.3, -0.25) is 0 Å². The summed E-state index contributed by atoms with van der Waals surface area (Å²) in [6.45, 7) is 0. The van der Waals surface area contributed by atoms with Crippen molar-refractivity contribution in [1.29, 1.82) is 0 Å². The molecule has 90 valence electrons. The Morgan fingerprint density at radius 1 is 1.38 bits per heavy atom. The molecular weight excluding hydrogens is 253 g/mol. The second kappa shape index (κ2) is 5.88. The first-order chi connectivity index (χ1) is 7.50. The predicted octanol–water partition coefficient (Wildman–Crippen LogP) is 4.17. The van der Waals surface area contributed by atoms with Crippen LogP contribution in [-0.2, 0) is 0 Å². The first-order valence-corrected chi connectivity index (χ1v) is 5.05. The Morgan fingerprint density at radius 3 is 2.56 bits per heavy atom. The highest BCUT2D eigenvalue weighted by atomic mass is 32.2. The van der Waals surface area contributed by atoms with E-state index in [0.717, 1.165) is 18.0 Å². The Balaban J connectivity index is 2.41. The number of halogens is 5. The molecule has 0 atom stereocenters. The molecule has 0 aromatic carbocycles. The third kappa shape index (κ3) is 3.84. The van der Waals surface area contributed by atoms with Crippen molar-refractivity contribution in [2.45, 2.75) is 18.1 Å². The first-order valence-electron chi connectivity index (χ1n) is 4.07. The Hall–Kier alpha value is -1.05. The quantitative estimate of drug-likeness (QED) is 0.586. The van der Waals surface area contributed by atoms with Crippen molar-refractivity contribution in [3.8, 4) is 0 Å². The minimum atomic E-state index is -2.78. The summed E-state index contributed by atoms with van der Waals surface area (Å²) < 4.78 is 64.2. The number of aromatic nitrogens is 1. The summed E-state index contributed by atoms with van der Waals surface area (Å²) in [5.41, 5.74) is 0. The number of alkyl halides is 2. The average Bonchev–Trinajstić information content (AvgIpc) is 2.66. The maximum absolute atomic E-state index is 12.3. The second-order valence-corrected chi connectivity index (χ2v) is 3.64. The fourth-order valence-corrected chi connectivity index (χ4v) is 1.50. The van der Waals surface area contributed by atoms with Crippen molar-refractivity contribution < 1.29 is 26.4 Å². The molecule has 0 aliphatic heterocycles. The first kappa shape index (κ1) is 13.0. The highest BCUT2D eigenvalue weighted by Gasteiger charge is 2.14. The van der Waals surface area contributed by atoms with Crippen LogP contribution in [0.1, 0.15) is 18.6 Å². The summed E-state index contributed by atoms with van der Waals surface area (Å²) >= 11 is 0.786. The number of hydrogen-bond acceptors (Lipinski definition) is 3. The molecule has 0 saturated heterocycles. The molecule has 1 heterocycles. The normalized spacial score (nSPS) is 10.9. The summed E-state index contributed by atoms with van der Waals surface area (Å²) in [4.78, 5) is 3.47. The topological polar surface area (TPSA) is 26.0 Å². The number of allylic oxidation sites excluding steroid dienone is 1. The fourth-order valence-electron chi connectivity index (χ4n) is 0.760. The lowest BCUT2D eigenvalue weighted by atomic mass is 10.4. The highest BCUT2D eigenvalue weighted by Crippen LogP contribution is 2.26. The van der Waals surface area contributed by atoms with Gasteiger partial charge in [0.1, 0.15) is 0 Å². The van der Waals surface area contributed by atoms with Gasteiger partial charge in [0.05, 0.1) is 6.20 Å². The van der Waals surface area contributed by atoms with E-state index in [1.807, 2.05) is 0 Å². The predicted molar refractivity (Wildman–Crippen MR) is 47.2 cm³/mol. The number of oxazole rings is 1. The van der Waals surface area contributed by atoms with E-state index in [1.54, 1.807) is 0 Å². The van der Waals surface area contributed by atoms with Crippen LogP contribution >= 0.6 is 11.8 Å². The standard InChI is InChI=1S/C8H6F5NOS/c9-4(6(10)11)1-2-16-8-14-3-5(15-8)7(12)13/h3,7H,1-2H2. The van der Waals surface area contributed by atoms with Gasteiger partial charge in [-0.25, -0.2) is 18.2 Å². The van der Waals surface area contributed by atoms with Crippen LogP contribution < -0.4 is 0 Å². The lowest BCUT2D eigenvalue weighted by Crippen LogP contribution is -1.82. The SMILES string of the molecule is FC(F)=C(F)CCSc1ncc(C(F)F)o1. The lowest BCUT2D eigenvalue weighted by molar-refractivity contribution is 0.116. The van der Waals surface area contributed by atoms with Gasteiger partial charge in [0, 0.05) is 12.2 Å². The Morgan fingerprint density at radius 2 is 2.06 bits per heavy atom. The molecule has 1 aromatic rings. The van der Waals surface area contributed by atoms with Gasteiger partial charge in [-0.15, -0.1) is 0 Å². The van der Waals surface area contributed by atoms with E-state index in [9.17, 15) is 22.0 Å². The number of hydrogen-bond donors (Lipinski definition) is 0. The van der Waals surface area contributed by atoms with Gasteiger partial charge >= 0.3 is 6.08 Å². The maximum atomic E-state index is 12.3. The minimum absolute atomic E-state index is 0.0631. The van der Waals surface area contributed by atoms with Crippen LogP contribution in [0.25, 0.3) is 0 Å². The summed E-state index contributed by atoms with van der Waals surface area (Å²) in [6.07, 6.45) is -4.81. The Bertz CT molecular complexity index is 374. The monoisotopic (exact) mass is 259 g/mol. The molecule has 0 aliphatic rings. The van der Waals surface area contributed by atoms with Crippen molar-refractivity contribution in [3.05, 3.63) is 23.9 Å². The molecule has 8 heteroatoms. The molecule has 0 saturated carbocycles. The van der Waals surface area contributed by atoms with Crippen LogP contribution in [0.5, 0.6) is 0 Å². The van der Waals surface area contributed by atoms with Crippen LogP contribution in [0, 0.1) is 0 Å². The zero-order valence-corrected chi connectivity index (χ0v) is 8.54. The van der Waals surface area contributed by atoms with Gasteiger partial charge in [-0.2, -0.15) is 8.78 Å². The average molecular weight is 259 g/mol. The third-order valence-electron chi connectivity index (χ3n) is 1.47. The van der Waals surface area contributed by atoms with Gasteiger partial charge in [0.2, 0.25) is 0 Å². The molecule has 0 fully saturated rings. The van der Waals surface area contributed by atoms with E-state index in [1.165, 1.54) is 0 Å². The molecule has 0 radical (unpaired) electrons. The van der Waals surface area contributed by atoms with E-state index in [0.29, 0.717) is 0 Å². The van der Waals surface area contributed by atoms with Crippen molar-refractivity contribution in [1.82, 2.24) is 4.98 Å². The van der Waals surface area contributed by atoms with E-state index >= 15 is 0 Å². The molecule has 1 rings (SSSR count). The zero-order chi connectivity index (χ0) is 12.1. The Labute approximate surface area is 91.5 Å². The molecule has 16 heavy (non-hydrogen) atoms. The molecule has 0 aliphatic carbocycles. The van der Waals surface area contributed by atoms with Crippen molar-refractivity contribution >= 4 is 11.8 Å². The summed E-state index contributed by atoms with van der Waals surface area (Å²) in [5.74, 6) is -2.19. The largest absolute Gasteiger partial charge is 0.430 e. The molecule has 0 unspecified atom stereocenters. The summed E-state index contributed by atoms with van der Waals surface area (Å²) in [7, 11) is 0. The smallest absolute Gasteiger partial charge is 0.301 e. The van der Waals surface area contributed by atoms with Crippen LogP contribution in [0.3, 0.4) is 0 Å². The number of rotatable bonds is 5. The van der Waals surface area contributed by atoms with E-state index in [2.05, 4.69) is 9.40 Å². The number of thioether (sulfide) groups is 1. The summed E-state index contributed by atoms with van der Waals surface area (Å²) in [5, 5.41) is -0.0950. The van der Waals surface area contributed by atoms with Gasteiger partial charge in [0.15, 0.2) is 11.6 Å². The van der Waals surface area contributed by atoms with E-state index < -0.39 is 30.5 Å². The molecule has 0 bridgehead atoms. The minimum Gasteiger partial charge on any atom is -0.430 e. The van der Waals surface area contributed by atoms with Gasteiger partial charge in [-0.1, -0.05) is 11.8 Å². The molecule has 0 amide bonds. The second-order valence-electron chi connectivity index (χ2n) is 2.59. The third-order valence-corrected chi connectivity index (χ3v) is 2.31.